The fourth-order valence-electron chi connectivity index (χ4n) is 4.25. The maximum absolute atomic E-state index is 13.6. The third kappa shape index (κ3) is 7.12. The number of benzene rings is 2. The van der Waals surface area contributed by atoms with Gasteiger partial charge in [-0.2, -0.15) is 0 Å². The van der Waals surface area contributed by atoms with Crippen LogP contribution in [0.3, 0.4) is 0 Å². The average molecular weight is 541 g/mol. The highest BCUT2D eigenvalue weighted by Crippen LogP contribution is 2.26. The maximum Gasteiger partial charge on any atom is 0.244 e. The molecule has 190 valence electrons. The third-order valence-corrected chi connectivity index (χ3v) is 8.13. The molecule has 2 aromatic carbocycles. The highest BCUT2D eigenvalue weighted by atomic mass is 35.5. The first kappa shape index (κ1) is 27.3. The zero-order chi connectivity index (χ0) is 25.8. The lowest BCUT2D eigenvalue weighted by atomic mass is 10.1. The van der Waals surface area contributed by atoms with E-state index >= 15 is 0 Å². The number of anilines is 1. The number of carbonyl (C=O) groups is 2. The Hall–Kier alpha value is -2.29. The molecule has 7 nitrogen and oxygen atoms in total. The fourth-order valence-corrected chi connectivity index (χ4v) is 5.48. The fraction of sp³-hybridized carbons (Fsp3) is 0.440. The lowest BCUT2D eigenvalue weighted by Crippen LogP contribution is -2.52. The van der Waals surface area contributed by atoms with Crippen molar-refractivity contribution in [2.75, 3.05) is 17.1 Å². The Morgan fingerprint density at radius 3 is 2.34 bits per heavy atom. The Bertz CT molecular complexity index is 1180. The predicted molar refractivity (Wildman–Crippen MR) is 140 cm³/mol. The summed E-state index contributed by atoms with van der Waals surface area (Å²) in [5.74, 6) is -0.772. The summed E-state index contributed by atoms with van der Waals surface area (Å²) in [5, 5.41) is 3.74. The average Bonchev–Trinajstić information content (AvgIpc) is 3.30. The molecule has 0 aromatic heterocycles. The molecular weight excluding hydrogens is 509 g/mol. The van der Waals surface area contributed by atoms with Crippen molar-refractivity contribution in [1.29, 1.82) is 0 Å². The second-order valence-electron chi connectivity index (χ2n) is 8.99. The van der Waals surface area contributed by atoms with Crippen LogP contribution in [-0.2, 0) is 26.2 Å². The van der Waals surface area contributed by atoms with Gasteiger partial charge >= 0.3 is 0 Å². The van der Waals surface area contributed by atoms with Gasteiger partial charge in [-0.25, -0.2) is 8.42 Å². The van der Waals surface area contributed by atoms with Crippen molar-refractivity contribution >= 4 is 50.7 Å². The Kier molecular flexibility index (Phi) is 9.07. The number of aryl methyl sites for hydroxylation is 1. The Balaban J connectivity index is 1.90. The molecule has 2 amide bonds. The number of amides is 2. The number of hydrogen-bond acceptors (Lipinski definition) is 4. The van der Waals surface area contributed by atoms with Gasteiger partial charge in [0.05, 0.1) is 22.0 Å². The van der Waals surface area contributed by atoms with E-state index in [-0.39, 0.29) is 18.5 Å². The van der Waals surface area contributed by atoms with E-state index in [4.69, 9.17) is 23.2 Å². The number of nitrogens with zero attached hydrogens (tertiary/aromatic N) is 2. The molecule has 3 rings (SSSR count). The molecule has 1 fully saturated rings. The largest absolute Gasteiger partial charge is 0.352 e. The Morgan fingerprint density at radius 2 is 1.74 bits per heavy atom. The van der Waals surface area contributed by atoms with E-state index in [2.05, 4.69) is 5.32 Å². The summed E-state index contributed by atoms with van der Waals surface area (Å²) in [7, 11) is -3.77. The van der Waals surface area contributed by atoms with Crippen molar-refractivity contribution in [2.24, 2.45) is 0 Å². The number of nitrogens with one attached hydrogen (secondary N) is 1. The predicted octanol–water partition coefficient (Wildman–Crippen LogP) is 4.54. The van der Waals surface area contributed by atoms with Gasteiger partial charge in [-0.1, -0.05) is 60.3 Å². The lowest BCUT2D eigenvalue weighted by molar-refractivity contribution is -0.139. The third-order valence-electron chi connectivity index (χ3n) is 6.27. The van der Waals surface area contributed by atoms with E-state index in [1.165, 1.54) is 4.90 Å². The van der Waals surface area contributed by atoms with E-state index in [1.54, 1.807) is 56.3 Å². The normalized spacial score (nSPS) is 15.0. The van der Waals surface area contributed by atoms with Gasteiger partial charge in [-0.05, 0) is 56.0 Å². The smallest absolute Gasteiger partial charge is 0.244 e. The van der Waals surface area contributed by atoms with Crippen molar-refractivity contribution in [3.8, 4) is 0 Å². The van der Waals surface area contributed by atoms with E-state index in [0.29, 0.717) is 26.9 Å². The molecule has 1 aliphatic rings. The molecule has 1 aliphatic carbocycles. The number of hydrogen-bond donors (Lipinski definition) is 1. The minimum Gasteiger partial charge on any atom is -0.352 e. The molecular formula is C25H31Cl2N3O4S. The molecule has 10 heteroatoms. The zero-order valence-corrected chi connectivity index (χ0v) is 22.5. The van der Waals surface area contributed by atoms with E-state index in [1.807, 2.05) is 0 Å². The van der Waals surface area contributed by atoms with Crippen molar-refractivity contribution in [2.45, 2.75) is 58.2 Å². The molecule has 1 N–H and O–H groups in total. The Labute approximate surface area is 217 Å². The van der Waals surface area contributed by atoms with Gasteiger partial charge in [0.15, 0.2) is 0 Å². The van der Waals surface area contributed by atoms with Gasteiger partial charge in [-0.3, -0.25) is 13.9 Å². The summed E-state index contributed by atoms with van der Waals surface area (Å²) in [6, 6.07) is 11.2. The van der Waals surface area contributed by atoms with Gasteiger partial charge in [0, 0.05) is 12.6 Å². The standard InChI is InChI=1S/C25H31Cl2N3O4S/c1-17-8-4-7-11-23(17)30(35(3,33)34)16-24(31)29(15-19-12-13-21(26)22(27)14-19)18(2)25(32)28-20-9-5-6-10-20/h4,7-8,11-14,18,20H,5-6,9-10,15-16H2,1-3H3,(H,28,32)/t18-/m1/s1. The summed E-state index contributed by atoms with van der Waals surface area (Å²) in [6.07, 6.45) is 5.00. The first-order chi connectivity index (χ1) is 16.5. The van der Waals surface area contributed by atoms with Crippen LogP contribution in [0, 0.1) is 6.92 Å². The first-order valence-corrected chi connectivity index (χ1v) is 14.1. The van der Waals surface area contributed by atoms with Crippen LogP contribution in [-0.4, -0.2) is 50.0 Å². The minimum absolute atomic E-state index is 0.0698. The van der Waals surface area contributed by atoms with E-state index in [9.17, 15) is 18.0 Å². The number of rotatable bonds is 9. The molecule has 0 spiro atoms. The monoisotopic (exact) mass is 539 g/mol. The van der Waals surface area contributed by atoms with Crippen LogP contribution in [0.5, 0.6) is 0 Å². The summed E-state index contributed by atoms with van der Waals surface area (Å²) < 4.78 is 26.4. The molecule has 2 aromatic rings. The molecule has 1 atom stereocenters. The zero-order valence-electron chi connectivity index (χ0n) is 20.1. The highest BCUT2D eigenvalue weighted by Gasteiger charge is 2.31. The van der Waals surface area contributed by atoms with Crippen LogP contribution in [0.2, 0.25) is 10.0 Å². The van der Waals surface area contributed by atoms with Crippen molar-refractivity contribution in [3.63, 3.8) is 0 Å². The van der Waals surface area contributed by atoms with E-state index < -0.39 is 28.5 Å². The minimum atomic E-state index is -3.77. The van der Waals surface area contributed by atoms with Gasteiger partial charge in [0.25, 0.3) is 0 Å². The van der Waals surface area contributed by atoms with Crippen LogP contribution < -0.4 is 9.62 Å². The molecule has 0 heterocycles. The van der Waals surface area contributed by atoms with Crippen LogP contribution in [0.25, 0.3) is 0 Å². The lowest BCUT2D eigenvalue weighted by Gasteiger charge is -2.32. The molecule has 1 saturated carbocycles. The van der Waals surface area contributed by atoms with Gasteiger partial charge in [-0.15, -0.1) is 0 Å². The quantitative estimate of drug-likeness (QED) is 0.506. The highest BCUT2D eigenvalue weighted by molar-refractivity contribution is 7.92. The second-order valence-corrected chi connectivity index (χ2v) is 11.7. The van der Waals surface area contributed by atoms with Gasteiger partial charge < -0.3 is 10.2 Å². The van der Waals surface area contributed by atoms with Gasteiger partial charge in [0.1, 0.15) is 12.6 Å². The SMILES string of the molecule is Cc1ccccc1N(CC(=O)N(Cc1ccc(Cl)c(Cl)c1)[C@H](C)C(=O)NC1CCCC1)S(C)(=O)=O. The summed E-state index contributed by atoms with van der Waals surface area (Å²) >= 11 is 12.2. The van der Waals surface area contributed by atoms with E-state index in [0.717, 1.165) is 36.2 Å². The first-order valence-electron chi connectivity index (χ1n) is 11.5. The molecule has 0 unspecified atom stereocenters. The van der Waals surface area contributed by atoms with Crippen molar-refractivity contribution in [3.05, 3.63) is 63.6 Å². The molecule has 35 heavy (non-hydrogen) atoms. The maximum atomic E-state index is 13.6. The molecule has 0 aliphatic heterocycles. The van der Waals surface area contributed by atoms with Gasteiger partial charge in [0.2, 0.25) is 21.8 Å². The molecule has 0 bridgehead atoms. The summed E-state index contributed by atoms with van der Waals surface area (Å²) in [4.78, 5) is 28.1. The van der Waals surface area contributed by atoms with Crippen LogP contribution in [0.15, 0.2) is 42.5 Å². The summed E-state index contributed by atoms with van der Waals surface area (Å²) in [6.45, 7) is 3.06. The summed E-state index contributed by atoms with van der Waals surface area (Å²) in [5.41, 5.74) is 1.81. The number of sulfonamides is 1. The second kappa shape index (κ2) is 11.6. The topological polar surface area (TPSA) is 86.8 Å². The van der Waals surface area contributed by atoms with Crippen molar-refractivity contribution in [1.82, 2.24) is 10.2 Å². The number of halogens is 2. The van der Waals surface area contributed by atoms with Crippen molar-refractivity contribution < 1.29 is 18.0 Å². The number of para-hydroxylation sites is 1. The van der Waals surface area contributed by atoms with Crippen LogP contribution >= 0.6 is 23.2 Å². The molecule has 0 radical (unpaired) electrons. The van der Waals surface area contributed by atoms with Crippen LogP contribution in [0.4, 0.5) is 5.69 Å². The Morgan fingerprint density at radius 1 is 1.09 bits per heavy atom. The van der Waals surface area contributed by atoms with Crippen LogP contribution in [0.1, 0.15) is 43.7 Å². The number of carbonyl (C=O) groups excluding carboxylic acids is 2. The molecule has 0 saturated heterocycles.